The molecule has 0 N–H and O–H groups in total. The molecule has 3 aromatic rings. The molecule has 3 aromatic carbocycles. The van der Waals surface area contributed by atoms with E-state index in [9.17, 15) is 14.9 Å². The van der Waals surface area contributed by atoms with E-state index in [2.05, 4.69) is 0 Å². The highest BCUT2D eigenvalue weighted by atomic mass is 16.6. The molecule has 0 saturated heterocycles. The number of benzene rings is 3. The fraction of sp³-hybridized carbons (Fsp3) is 0.0800. The second kappa shape index (κ2) is 8.67. The van der Waals surface area contributed by atoms with Gasteiger partial charge in [-0.3, -0.25) is 14.9 Å². The summed E-state index contributed by atoms with van der Waals surface area (Å²) < 4.78 is 5.19. The number of methoxy groups -OCH3 is 1. The molecule has 0 spiro atoms. The molecule has 0 fully saturated rings. The highest BCUT2D eigenvalue weighted by molar-refractivity contribution is 6.10. The lowest BCUT2D eigenvalue weighted by Gasteiger charge is -2.27. The number of carbonyl (C=O) groups is 1. The van der Waals surface area contributed by atoms with E-state index < -0.39 is 4.92 Å². The molecule has 31 heavy (non-hydrogen) atoms. The average molecular weight is 412 g/mol. The third-order valence-electron chi connectivity index (χ3n) is 5.18. The molecule has 154 valence electrons. The van der Waals surface area contributed by atoms with Crippen molar-refractivity contribution in [3.05, 3.63) is 124 Å². The van der Waals surface area contributed by atoms with Crippen molar-refractivity contribution < 1.29 is 14.5 Å². The first-order valence-corrected chi connectivity index (χ1v) is 9.73. The molecule has 4 rings (SSSR count). The van der Waals surface area contributed by atoms with Crippen LogP contribution in [0.5, 0.6) is 5.75 Å². The summed E-state index contributed by atoms with van der Waals surface area (Å²) in [7, 11) is 1.58. The van der Waals surface area contributed by atoms with Crippen molar-refractivity contribution >= 4 is 17.2 Å². The number of carbonyl (C=O) groups excluding carboxylic acids is 1. The van der Waals surface area contributed by atoms with Crippen molar-refractivity contribution in [1.29, 1.82) is 0 Å². The molecular formula is C25H20N2O4. The number of ketones is 1. The van der Waals surface area contributed by atoms with Gasteiger partial charge in [-0.25, -0.2) is 0 Å². The van der Waals surface area contributed by atoms with Crippen LogP contribution < -0.4 is 9.64 Å². The first kappa shape index (κ1) is 20.1. The van der Waals surface area contributed by atoms with Crippen molar-refractivity contribution in [3.8, 4) is 5.75 Å². The van der Waals surface area contributed by atoms with Crippen molar-refractivity contribution in [2.45, 2.75) is 5.92 Å². The Morgan fingerprint density at radius 2 is 1.65 bits per heavy atom. The van der Waals surface area contributed by atoms with Gasteiger partial charge in [-0.15, -0.1) is 0 Å². The molecule has 6 heteroatoms. The molecule has 0 amide bonds. The SMILES string of the molecule is COc1ccc(C(=O)C2=CN(c3ccc([N+](=O)[O-])cc3)C=CC2c2ccccc2)cc1. The van der Waals surface area contributed by atoms with Gasteiger partial charge in [-0.1, -0.05) is 36.4 Å². The summed E-state index contributed by atoms with van der Waals surface area (Å²) in [4.78, 5) is 25.8. The van der Waals surface area contributed by atoms with Crippen LogP contribution in [0.15, 0.2) is 103 Å². The Morgan fingerprint density at radius 3 is 2.26 bits per heavy atom. The second-order valence-electron chi connectivity index (χ2n) is 7.05. The molecule has 1 unspecified atom stereocenters. The summed E-state index contributed by atoms with van der Waals surface area (Å²) in [6.07, 6.45) is 5.64. The maximum absolute atomic E-state index is 13.4. The summed E-state index contributed by atoms with van der Waals surface area (Å²) in [5, 5.41) is 10.9. The molecule has 0 aliphatic carbocycles. The molecule has 0 saturated carbocycles. The van der Waals surface area contributed by atoms with E-state index >= 15 is 0 Å². The predicted octanol–water partition coefficient (Wildman–Crippen LogP) is 5.49. The van der Waals surface area contributed by atoms with Crippen molar-refractivity contribution in [3.63, 3.8) is 0 Å². The molecular weight excluding hydrogens is 392 g/mol. The minimum absolute atomic E-state index is 0.0189. The van der Waals surface area contributed by atoms with Gasteiger partial charge in [0.25, 0.3) is 5.69 Å². The van der Waals surface area contributed by atoms with Crippen LogP contribution in [-0.2, 0) is 0 Å². The molecule has 1 heterocycles. The maximum Gasteiger partial charge on any atom is 0.269 e. The normalized spacial score (nSPS) is 15.3. The third kappa shape index (κ3) is 4.23. The standard InChI is InChI=1S/C25H20N2O4/c1-31-22-13-7-19(8-14-22)25(28)24-17-26(20-9-11-21(12-10-20)27(29)30)16-15-23(24)18-5-3-2-4-6-18/h2-17,23H,1H3. The van der Waals surface area contributed by atoms with Gasteiger partial charge in [0.1, 0.15) is 5.75 Å². The number of nitrogens with zero attached hydrogens (tertiary/aromatic N) is 2. The minimum Gasteiger partial charge on any atom is -0.497 e. The average Bonchev–Trinajstić information content (AvgIpc) is 2.84. The Labute approximate surface area is 179 Å². The number of anilines is 1. The van der Waals surface area contributed by atoms with Gasteiger partial charge in [0, 0.05) is 47.3 Å². The lowest BCUT2D eigenvalue weighted by atomic mass is 9.85. The van der Waals surface area contributed by atoms with Gasteiger partial charge < -0.3 is 9.64 Å². The number of ether oxygens (including phenoxy) is 1. The number of hydrogen-bond donors (Lipinski definition) is 0. The van der Waals surface area contributed by atoms with Crippen LogP contribution in [0.25, 0.3) is 0 Å². The van der Waals surface area contributed by atoms with Gasteiger partial charge in [-0.2, -0.15) is 0 Å². The highest BCUT2D eigenvalue weighted by Gasteiger charge is 2.26. The van der Waals surface area contributed by atoms with E-state index in [1.807, 2.05) is 42.6 Å². The van der Waals surface area contributed by atoms with Crippen LogP contribution in [0.1, 0.15) is 21.8 Å². The van der Waals surface area contributed by atoms with E-state index in [4.69, 9.17) is 4.74 Å². The quantitative estimate of drug-likeness (QED) is 0.304. The highest BCUT2D eigenvalue weighted by Crippen LogP contribution is 2.34. The zero-order valence-electron chi connectivity index (χ0n) is 16.8. The van der Waals surface area contributed by atoms with Crippen LogP contribution in [-0.4, -0.2) is 17.8 Å². The number of nitro groups is 1. The monoisotopic (exact) mass is 412 g/mol. The van der Waals surface area contributed by atoms with E-state index in [0.29, 0.717) is 16.9 Å². The van der Waals surface area contributed by atoms with Crippen molar-refractivity contribution in [2.75, 3.05) is 12.0 Å². The number of Topliss-reactive ketones (excluding diaryl/α,β-unsaturated/α-hetero) is 1. The summed E-state index contributed by atoms with van der Waals surface area (Å²) in [5.74, 6) is 0.388. The minimum atomic E-state index is -0.435. The lowest BCUT2D eigenvalue weighted by molar-refractivity contribution is -0.384. The molecule has 1 aliphatic heterocycles. The van der Waals surface area contributed by atoms with Gasteiger partial charge in [0.05, 0.1) is 12.0 Å². The fourth-order valence-electron chi connectivity index (χ4n) is 3.52. The van der Waals surface area contributed by atoms with E-state index in [1.165, 1.54) is 12.1 Å². The Bertz CT molecular complexity index is 1150. The zero-order valence-corrected chi connectivity index (χ0v) is 16.8. The van der Waals surface area contributed by atoms with Gasteiger partial charge in [0.2, 0.25) is 0 Å². The van der Waals surface area contributed by atoms with Crippen LogP contribution in [0.2, 0.25) is 0 Å². The number of hydrogen-bond acceptors (Lipinski definition) is 5. The lowest BCUT2D eigenvalue weighted by Crippen LogP contribution is -2.21. The number of rotatable bonds is 6. The second-order valence-corrected chi connectivity index (χ2v) is 7.05. The first-order valence-electron chi connectivity index (χ1n) is 9.73. The van der Waals surface area contributed by atoms with Crippen LogP contribution in [0, 0.1) is 10.1 Å². The molecule has 6 nitrogen and oxygen atoms in total. The number of non-ortho nitro benzene ring substituents is 1. The molecule has 1 atom stereocenters. The fourth-order valence-corrected chi connectivity index (χ4v) is 3.52. The molecule has 0 aromatic heterocycles. The molecule has 1 aliphatic rings. The van der Waals surface area contributed by atoms with Crippen molar-refractivity contribution in [2.24, 2.45) is 0 Å². The number of nitro benzene ring substituents is 1. The first-order chi connectivity index (χ1) is 15.1. The Hall–Kier alpha value is -4.19. The predicted molar refractivity (Wildman–Crippen MR) is 119 cm³/mol. The van der Waals surface area contributed by atoms with Crippen LogP contribution in [0.4, 0.5) is 11.4 Å². The zero-order chi connectivity index (χ0) is 21.8. The summed E-state index contributed by atoms with van der Waals surface area (Å²) >= 11 is 0. The van der Waals surface area contributed by atoms with E-state index in [-0.39, 0.29) is 17.4 Å². The van der Waals surface area contributed by atoms with Crippen molar-refractivity contribution in [1.82, 2.24) is 0 Å². The largest absolute Gasteiger partial charge is 0.497 e. The van der Waals surface area contributed by atoms with Crippen LogP contribution in [0.3, 0.4) is 0 Å². The van der Waals surface area contributed by atoms with Gasteiger partial charge in [0.15, 0.2) is 5.78 Å². The number of allylic oxidation sites excluding steroid dienone is 2. The summed E-state index contributed by atoms with van der Waals surface area (Å²) in [5.41, 5.74) is 2.93. The van der Waals surface area contributed by atoms with Crippen LogP contribution >= 0.6 is 0 Å². The Morgan fingerprint density at radius 1 is 0.968 bits per heavy atom. The Kier molecular flexibility index (Phi) is 5.62. The van der Waals surface area contributed by atoms with E-state index in [1.54, 1.807) is 54.6 Å². The summed E-state index contributed by atoms with van der Waals surface area (Å²) in [6.45, 7) is 0. The molecule has 0 radical (unpaired) electrons. The Balaban J connectivity index is 1.72. The van der Waals surface area contributed by atoms with Gasteiger partial charge in [-0.05, 0) is 42.0 Å². The van der Waals surface area contributed by atoms with E-state index in [0.717, 1.165) is 11.3 Å². The topological polar surface area (TPSA) is 72.7 Å². The van der Waals surface area contributed by atoms with Gasteiger partial charge >= 0.3 is 0 Å². The molecule has 0 bridgehead atoms. The maximum atomic E-state index is 13.4. The summed E-state index contributed by atoms with van der Waals surface area (Å²) in [6, 6.07) is 23.1. The third-order valence-corrected chi connectivity index (χ3v) is 5.18. The smallest absolute Gasteiger partial charge is 0.269 e.